The van der Waals surface area contributed by atoms with Crippen LogP contribution in [-0.2, 0) is 0 Å². The van der Waals surface area contributed by atoms with E-state index in [9.17, 15) is 17.6 Å². The maximum absolute atomic E-state index is 13.1. The molecule has 0 spiro atoms. The molecular formula is C19H27F4N5. The zero-order chi connectivity index (χ0) is 20.1. The van der Waals surface area contributed by atoms with Gasteiger partial charge in [0.05, 0.1) is 6.54 Å². The highest BCUT2D eigenvalue weighted by Crippen LogP contribution is 2.21. The Balaban J connectivity index is 1.53. The number of benzene rings is 1. The maximum Gasteiger partial charge on any atom is 0.401 e. The molecule has 2 fully saturated rings. The minimum Gasteiger partial charge on any atom is -0.368 e. The van der Waals surface area contributed by atoms with Crippen LogP contribution in [0.25, 0.3) is 0 Å². The van der Waals surface area contributed by atoms with Crippen LogP contribution in [0.3, 0.4) is 0 Å². The van der Waals surface area contributed by atoms with Gasteiger partial charge in [-0.15, -0.1) is 0 Å². The van der Waals surface area contributed by atoms with Crippen LogP contribution in [0.2, 0.25) is 0 Å². The molecule has 5 nitrogen and oxygen atoms in total. The van der Waals surface area contributed by atoms with Crippen molar-refractivity contribution in [1.82, 2.24) is 15.1 Å². The van der Waals surface area contributed by atoms with E-state index in [1.54, 1.807) is 12.1 Å². The van der Waals surface area contributed by atoms with Crippen LogP contribution in [0.5, 0.6) is 0 Å². The molecule has 0 aromatic heterocycles. The minimum absolute atomic E-state index is 0.0252. The second-order valence-electron chi connectivity index (χ2n) is 7.23. The molecule has 1 atom stereocenters. The summed E-state index contributed by atoms with van der Waals surface area (Å²) in [4.78, 5) is 10.3. The van der Waals surface area contributed by atoms with E-state index in [1.807, 2.05) is 6.92 Å². The molecule has 2 aliphatic heterocycles. The predicted octanol–water partition coefficient (Wildman–Crippen LogP) is 2.55. The molecule has 0 bridgehead atoms. The summed E-state index contributed by atoms with van der Waals surface area (Å²) in [6.07, 6.45) is -3.49. The lowest BCUT2D eigenvalue weighted by Crippen LogP contribution is -2.54. The highest BCUT2D eigenvalue weighted by molar-refractivity contribution is 5.80. The van der Waals surface area contributed by atoms with Crippen LogP contribution in [-0.4, -0.2) is 80.3 Å². The monoisotopic (exact) mass is 401 g/mol. The summed E-state index contributed by atoms with van der Waals surface area (Å²) in [5.41, 5.74) is 0.988. The van der Waals surface area contributed by atoms with Crippen molar-refractivity contribution < 1.29 is 17.6 Å². The molecule has 2 heterocycles. The summed E-state index contributed by atoms with van der Waals surface area (Å²) < 4.78 is 50.9. The normalized spacial score (nSPS) is 22.0. The largest absolute Gasteiger partial charge is 0.401 e. The van der Waals surface area contributed by atoms with Gasteiger partial charge in [-0.05, 0) is 37.6 Å². The smallest absolute Gasteiger partial charge is 0.368 e. The van der Waals surface area contributed by atoms with Crippen molar-refractivity contribution >= 4 is 11.6 Å². The third-order valence-corrected chi connectivity index (χ3v) is 5.09. The molecule has 1 aromatic carbocycles. The Labute approximate surface area is 163 Å². The maximum atomic E-state index is 13.1. The van der Waals surface area contributed by atoms with Gasteiger partial charge >= 0.3 is 6.18 Å². The van der Waals surface area contributed by atoms with Gasteiger partial charge in [-0.2, -0.15) is 13.2 Å². The molecule has 156 valence electrons. The number of hydrogen-bond donors (Lipinski definition) is 1. The molecule has 2 saturated heterocycles. The number of aliphatic imine (C=N–C) groups is 1. The zero-order valence-electron chi connectivity index (χ0n) is 16.1. The second kappa shape index (κ2) is 8.98. The SMILES string of the molecule is CCN=C(NC1CCN(CC(F)(F)F)C1)N1CCN(c2ccc(F)cc2)CC1. The molecule has 0 radical (unpaired) electrons. The lowest BCUT2D eigenvalue weighted by molar-refractivity contribution is -0.143. The summed E-state index contributed by atoms with van der Waals surface area (Å²) in [5.74, 6) is 0.514. The van der Waals surface area contributed by atoms with Gasteiger partial charge in [0.2, 0.25) is 0 Å². The number of nitrogens with one attached hydrogen (secondary N) is 1. The van der Waals surface area contributed by atoms with Crippen molar-refractivity contribution in [2.75, 3.05) is 57.3 Å². The van der Waals surface area contributed by atoms with Crippen LogP contribution >= 0.6 is 0 Å². The number of piperazine rings is 1. The Bertz CT molecular complexity index is 653. The average Bonchev–Trinajstić information content (AvgIpc) is 3.07. The topological polar surface area (TPSA) is 34.1 Å². The number of likely N-dealkylation sites (tertiary alicyclic amines) is 1. The summed E-state index contributed by atoms with van der Waals surface area (Å²) in [5, 5.41) is 3.36. The Kier molecular flexibility index (Phi) is 6.64. The van der Waals surface area contributed by atoms with Crippen molar-refractivity contribution in [1.29, 1.82) is 0 Å². The fourth-order valence-electron chi connectivity index (χ4n) is 3.75. The van der Waals surface area contributed by atoms with Crippen molar-refractivity contribution in [3.63, 3.8) is 0 Å². The molecule has 0 saturated carbocycles. The summed E-state index contributed by atoms with van der Waals surface area (Å²) in [7, 11) is 0. The van der Waals surface area contributed by atoms with Gasteiger partial charge in [-0.25, -0.2) is 4.39 Å². The van der Waals surface area contributed by atoms with Gasteiger partial charge in [0.25, 0.3) is 0 Å². The van der Waals surface area contributed by atoms with Gasteiger partial charge in [0.15, 0.2) is 5.96 Å². The van der Waals surface area contributed by atoms with Crippen molar-refractivity contribution in [3.8, 4) is 0 Å². The lowest BCUT2D eigenvalue weighted by atomic mass is 10.2. The molecule has 28 heavy (non-hydrogen) atoms. The zero-order valence-corrected chi connectivity index (χ0v) is 16.1. The highest BCUT2D eigenvalue weighted by atomic mass is 19.4. The molecule has 1 aromatic rings. The average molecular weight is 401 g/mol. The van der Waals surface area contributed by atoms with Crippen LogP contribution in [0, 0.1) is 5.82 Å². The number of nitrogens with zero attached hydrogens (tertiary/aromatic N) is 4. The van der Waals surface area contributed by atoms with Crippen molar-refractivity contribution in [2.45, 2.75) is 25.6 Å². The molecular weight excluding hydrogens is 374 g/mol. The van der Waals surface area contributed by atoms with Crippen molar-refractivity contribution in [2.24, 2.45) is 4.99 Å². The van der Waals surface area contributed by atoms with E-state index in [1.165, 1.54) is 17.0 Å². The fraction of sp³-hybridized carbons (Fsp3) is 0.632. The first kappa shape index (κ1) is 20.7. The van der Waals surface area contributed by atoms with Gasteiger partial charge in [-0.1, -0.05) is 0 Å². The van der Waals surface area contributed by atoms with Crippen LogP contribution in [0.4, 0.5) is 23.2 Å². The number of halogens is 4. The third-order valence-electron chi connectivity index (χ3n) is 5.09. The standard InChI is InChI=1S/C19H27F4N5/c1-2-24-18(25-16-7-8-26(13-16)14-19(21,22)23)28-11-9-27(10-12-28)17-5-3-15(20)4-6-17/h3-6,16H,2,7-14H2,1H3,(H,24,25). The predicted molar refractivity (Wildman–Crippen MR) is 102 cm³/mol. The quantitative estimate of drug-likeness (QED) is 0.478. The Morgan fingerprint density at radius 1 is 1.11 bits per heavy atom. The number of anilines is 1. The van der Waals surface area contributed by atoms with Crippen molar-refractivity contribution in [3.05, 3.63) is 30.1 Å². The molecule has 3 rings (SSSR count). The van der Waals surface area contributed by atoms with Gasteiger partial charge < -0.3 is 15.1 Å². The summed E-state index contributed by atoms with van der Waals surface area (Å²) in [6, 6.07) is 6.44. The van der Waals surface area contributed by atoms with Crippen LogP contribution in [0.1, 0.15) is 13.3 Å². The number of hydrogen-bond acceptors (Lipinski definition) is 3. The Morgan fingerprint density at radius 3 is 2.39 bits per heavy atom. The minimum atomic E-state index is -4.16. The van der Waals surface area contributed by atoms with Crippen LogP contribution < -0.4 is 10.2 Å². The van der Waals surface area contributed by atoms with E-state index in [4.69, 9.17) is 0 Å². The van der Waals surface area contributed by atoms with E-state index in [0.717, 1.165) is 37.8 Å². The van der Waals surface area contributed by atoms with E-state index >= 15 is 0 Å². The summed E-state index contributed by atoms with van der Waals surface area (Å²) in [6.45, 7) is 5.57. The molecule has 9 heteroatoms. The van der Waals surface area contributed by atoms with E-state index in [2.05, 4.69) is 20.1 Å². The Hall–Kier alpha value is -2.03. The molecule has 1 N–H and O–H groups in total. The molecule has 0 aliphatic carbocycles. The van der Waals surface area contributed by atoms with E-state index < -0.39 is 12.7 Å². The molecule has 1 unspecified atom stereocenters. The first-order valence-corrected chi connectivity index (χ1v) is 9.69. The number of guanidine groups is 1. The number of rotatable bonds is 4. The first-order valence-electron chi connectivity index (χ1n) is 9.69. The fourth-order valence-corrected chi connectivity index (χ4v) is 3.75. The van der Waals surface area contributed by atoms with E-state index in [0.29, 0.717) is 26.1 Å². The van der Waals surface area contributed by atoms with E-state index in [-0.39, 0.29) is 11.9 Å². The molecule has 2 aliphatic rings. The molecule has 0 amide bonds. The van der Waals surface area contributed by atoms with Gasteiger partial charge in [-0.3, -0.25) is 9.89 Å². The van der Waals surface area contributed by atoms with Crippen LogP contribution in [0.15, 0.2) is 29.3 Å². The lowest BCUT2D eigenvalue weighted by Gasteiger charge is -2.38. The first-order chi connectivity index (χ1) is 13.3. The van der Waals surface area contributed by atoms with Gasteiger partial charge in [0, 0.05) is 57.5 Å². The highest BCUT2D eigenvalue weighted by Gasteiger charge is 2.35. The Morgan fingerprint density at radius 2 is 1.79 bits per heavy atom. The number of alkyl halides is 3. The second-order valence-corrected chi connectivity index (χ2v) is 7.23. The third kappa shape index (κ3) is 5.73. The van der Waals surface area contributed by atoms with Gasteiger partial charge in [0.1, 0.15) is 5.82 Å². The summed E-state index contributed by atoms with van der Waals surface area (Å²) >= 11 is 0.